The molecule has 0 bridgehead atoms. The zero-order valence-electron chi connectivity index (χ0n) is 10.3. The van der Waals surface area contributed by atoms with Crippen molar-refractivity contribution in [3.05, 3.63) is 28.8 Å². The minimum Gasteiger partial charge on any atom is -0.495 e. The van der Waals surface area contributed by atoms with Gasteiger partial charge in [0, 0.05) is 6.04 Å². The summed E-state index contributed by atoms with van der Waals surface area (Å²) in [5.74, 6) is 0.234. The van der Waals surface area contributed by atoms with Crippen LogP contribution in [0.15, 0.2) is 18.2 Å². The van der Waals surface area contributed by atoms with E-state index < -0.39 is 6.04 Å². The fourth-order valence-electron chi connectivity index (χ4n) is 1.42. The number of ether oxygens (including phenoxy) is 2. The number of halogens is 2. The first-order valence-electron chi connectivity index (χ1n) is 5.33. The van der Waals surface area contributed by atoms with Crippen LogP contribution in [-0.4, -0.2) is 19.7 Å². The Morgan fingerprint density at radius 3 is 2.72 bits per heavy atom. The maximum absolute atomic E-state index is 11.3. The molecule has 2 N–H and O–H groups in total. The van der Waals surface area contributed by atoms with Crippen LogP contribution in [0.4, 0.5) is 0 Å². The Morgan fingerprint density at radius 2 is 2.17 bits per heavy atom. The summed E-state index contributed by atoms with van der Waals surface area (Å²) >= 11 is 5.90. The lowest BCUT2D eigenvalue weighted by Crippen LogP contribution is -2.17. The molecule has 0 aliphatic carbocycles. The second-order valence-electron chi connectivity index (χ2n) is 3.51. The molecule has 1 atom stereocenters. The van der Waals surface area contributed by atoms with Gasteiger partial charge in [0.2, 0.25) is 0 Å². The molecule has 0 aromatic heterocycles. The number of rotatable bonds is 5. The third-order valence-electron chi connectivity index (χ3n) is 2.30. The van der Waals surface area contributed by atoms with Crippen molar-refractivity contribution in [3.63, 3.8) is 0 Å². The van der Waals surface area contributed by atoms with Crippen LogP contribution >= 0.6 is 24.0 Å². The van der Waals surface area contributed by atoms with Gasteiger partial charge in [-0.15, -0.1) is 12.4 Å². The first-order chi connectivity index (χ1) is 8.08. The third kappa shape index (κ3) is 4.72. The van der Waals surface area contributed by atoms with Gasteiger partial charge in [0.15, 0.2) is 0 Å². The van der Waals surface area contributed by atoms with Gasteiger partial charge in [0.05, 0.1) is 25.2 Å². The smallest absolute Gasteiger partial charge is 0.307 e. The monoisotopic (exact) mass is 293 g/mol. The predicted molar refractivity (Wildman–Crippen MR) is 73.4 cm³/mol. The van der Waals surface area contributed by atoms with E-state index in [4.69, 9.17) is 26.8 Å². The molecule has 0 saturated heterocycles. The Hall–Kier alpha value is -0.970. The van der Waals surface area contributed by atoms with E-state index in [1.165, 1.54) is 7.11 Å². The van der Waals surface area contributed by atoms with Gasteiger partial charge in [-0.3, -0.25) is 4.79 Å². The lowest BCUT2D eigenvalue weighted by Gasteiger charge is -2.13. The second kappa shape index (κ2) is 8.19. The topological polar surface area (TPSA) is 61.5 Å². The number of carbonyl (C=O) groups excluding carboxylic acids is 1. The maximum Gasteiger partial charge on any atom is 0.307 e. The largest absolute Gasteiger partial charge is 0.495 e. The number of hydrogen-bond donors (Lipinski definition) is 1. The molecule has 0 spiro atoms. The van der Waals surface area contributed by atoms with Crippen LogP contribution in [0.2, 0.25) is 5.02 Å². The van der Waals surface area contributed by atoms with Gasteiger partial charge in [0.1, 0.15) is 5.75 Å². The van der Waals surface area contributed by atoms with Crippen molar-refractivity contribution in [2.45, 2.75) is 19.4 Å². The van der Waals surface area contributed by atoms with Crippen molar-refractivity contribution in [3.8, 4) is 5.75 Å². The highest BCUT2D eigenvalue weighted by molar-refractivity contribution is 6.32. The molecule has 0 amide bonds. The molecule has 18 heavy (non-hydrogen) atoms. The molecule has 0 saturated carbocycles. The van der Waals surface area contributed by atoms with Crippen LogP contribution in [0.25, 0.3) is 0 Å². The van der Waals surface area contributed by atoms with E-state index in [-0.39, 0.29) is 24.8 Å². The van der Waals surface area contributed by atoms with E-state index in [1.807, 2.05) is 0 Å². The molecule has 6 heteroatoms. The van der Waals surface area contributed by atoms with Crippen molar-refractivity contribution < 1.29 is 14.3 Å². The quantitative estimate of drug-likeness (QED) is 0.848. The summed E-state index contributed by atoms with van der Waals surface area (Å²) in [6, 6.07) is 4.78. The lowest BCUT2D eigenvalue weighted by atomic mass is 10.0. The van der Waals surface area contributed by atoms with Crippen molar-refractivity contribution in [2.75, 3.05) is 13.7 Å². The summed E-state index contributed by atoms with van der Waals surface area (Å²) in [5.41, 5.74) is 6.69. The van der Waals surface area contributed by atoms with Gasteiger partial charge in [-0.25, -0.2) is 0 Å². The van der Waals surface area contributed by atoms with E-state index in [2.05, 4.69) is 0 Å². The summed E-state index contributed by atoms with van der Waals surface area (Å²) < 4.78 is 9.92. The van der Waals surface area contributed by atoms with Gasteiger partial charge < -0.3 is 15.2 Å². The van der Waals surface area contributed by atoms with E-state index in [0.29, 0.717) is 17.4 Å². The molecule has 1 rings (SSSR count). The zero-order chi connectivity index (χ0) is 12.8. The van der Waals surface area contributed by atoms with Crippen molar-refractivity contribution in [1.29, 1.82) is 0 Å². The van der Waals surface area contributed by atoms with E-state index in [1.54, 1.807) is 25.1 Å². The van der Waals surface area contributed by atoms with Gasteiger partial charge in [0.25, 0.3) is 0 Å². The number of nitrogens with two attached hydrogens (primary N) is 1. The Labute approximate surface area is 118 Å². The van der Waals surface area contributed by atoms with Crippen LogP contribution in [0.3, 0.4) is 0 Å². The average molecular weight is 294 g/mol. The Morgan fingerprint density at radius 1 is 1.50 bits per heavy atom. The molecule has 1 aromatic carbocycles. The molecule has 0 heterocycles. The zero-order valence-corrected chi connectivity index (χ0v) is 11.9. The van der Waals surface area contributed by atoms with Crippen LogP contribution in [-0.2, 0) is 9.53 Å². The number of carbonyl (C=O) groups is 1. The second-order valence-corrected chi connectivity index (χ2v) is 3.92. The van der Waals surface area contributed by atoms with Crippen molar-refractivity contribution >= 4 is 30.0 Å². The predicted octanol–water partition coefficient (Wildman–Crippen LogP) is 2.72. The fraction of sp³-hybridized carbons (Fsp3) is 0.417. The Bertz CT molecular complexity index is 399. The SMILES string of the molecule is CCOC(=O)C[C@@H](N)c1ccc(Cl)c(OC)c1.Cl. The summed E-state index contributed by atoms with van der Waals surface area (Å²) in [7, 11) is 1.53. The molecule has 0 fully saturated rings. The number of benzene rings is 1. The molecule has 0 radical (unpaired) electrons. The number of esters is 1. The highest BCUT2D eigenvalue weighted by atomic mass is 35.5. The fourth-order valence-corrected chi connectivity index (χ4v) is 1.62. The summed E-state index contributed by atoms with van der Waals surface area (Å²) in [6.07, 6.45) is 0.138. The standard InChI is InChI=1S/C12H16ClNO3.ClH/c1-3-17-12(15)7-10(14)8-4-5-9(13)11(6-8)16-2;/h4-6,10H,3,7,14H2,1-2H3;1H/t10-;/m1./s1. The molecule has 0 unspecified atom stereocenters. The Balaban J connectivity index is 0.00000289. The molecular weight excluding hydrogens is 277 g/mol. The van der Waals surface area contributed by atoms with Crippen LogP contribution < -0.4 is 10.5 Å². The van der Waals surface area contributed by atoms with Gasteiger partial charge in [-0.2, -0.15) is 0 Å². The van der Waals surface area contributed by atoms with E-state index in [9.17, 15) is 4.79 Å². The van der Waals surface area contributed by atoms with Gasteiger partial charge in [-0.1, -0.05) is 17.7 Å². The maximum atomic E-state index is 11.3. The number of methoxy groups -OCH3 is 1. The van der Waals surface area contributed by atoms with Crippen LogP contribution in [0.1, 0.15) is 24.9 Å². The highest BCUT2D eigenvalue weighted by Gasteiger charge is 2.14. The van der Waals surface area contributed by atoms with Gasteiger partial charge in [-0.05, 0) is 24.6 Å². The molecule has 0 aliphatic heterocycles. The first-order valence-corrected chi connectivity index (χ1v) is 5.71. The lowest BCUT2D eigenvalue weighted by molar-refractivity contribution is -0.143. The normalized spacial score (nSPS) is 11.3. The van der Waals surface area contributed by atoms with Crippen LogP contribution in [0, 0.1) is 0 Å². The van der Waals surface area contributed by atoms with Crippen molar-refractivity contribution in [1.82, 2.24) is 0 Å². The molecule has 4 nitrogen and oxygen atoms in total. The van der Waals surface area contributed by atoms with E-state index >= 15 is 0 Å². The summed E-state index contributed by atoms with van der Waals surface area (Å²) in [6.45, 7) is 2.12. The van der Waals surface area contributed by atoms with Crippen molar-refractivity contribution in [2.24, 2.45) is 5.73 Å². The molecule has 102 valence electrons. The van der Waals surface area contributed by atoms with Crippen LogP contribution in [0.5, 0.6) is 5.75 Å². The summed E-state index contributed by atoms with van der Waals surface area (Å²) in [5, 5.41) is 0.514. The summed E-state index contributed by atoms with van der Waals surface area (Å²) in [4.78, 5) is 11.3. The Kier molecular flexibility index (Phi) is 7.75. The van der Waals surface area contributed by atoms with Gasteiger partial charge >= 0.3 is 5.97 Å². The molecular formula is C12H17Cl2NO3. The first kappa shape index (κ1) is 17.0. The molecule has 1 aromatic rings. The highest BCUT2D eigenvalue weighted by Crippen LogP contribution is 2.28. The number of hydrogen-bond acceptors (Lipinski definition) is 4. The van der Waals surface area contributed by atoms with E-state index in [0.717, 1.165) is 5.56 Å². The average Bonchev–Trinajstić information content (AvgIpc) is 2.29. The third-order valence-corrected chi connectivity index (χ3v) is 2.61. The molecule has 0 aliphatic rings. The minimum absolute atomic E-state index is 0. The minimum atomic E-state index is -0.416.